The van der Waals surface area contributed by atoms with Crippen LogP contribution in [0.3, 0.4) is 0 Å². The average molecular weight is 278 g/mol. The van der Waals surface area contributed by atoms with Gasteiger partial charge in [0, 0.05) is 17.1 Å². The number of pyridine rings is 1. The van der Waals surface area contributed by atoms with Crippen molar-refractivity contribution in [1.82, 2.24) is 4.98 Å². The summed E-state index contributed by atoms with van der Waals surface area (Å²) in [7, 11) is 0. The highest BCUT2D eigenvalue weighted by Gasteiger charge is 2.35. The van der Waals surface area contributed by atoms with Crippen molar-refractivity contribution < 1.29 is 9.05 Å². The van der Waals surface area contributed by atoms with Gasteiger partial charge in [0.05, 0.1) is 6.61 Å². The predicted octanol–water partition coefficient (Wildman–Crippen LogP) is 3.32. The summed E-state index contributed by atoms with van der Waals surface area (Å²) in [5.74, 6) is 0.638. The topological polar surface area (TPSA) is 31.4 Å². The number of nitrogens with zero attached hydrogens (tertiary/aromatic N) is 1. The van der Waals surface area contributed by atoms with Crippen LogP contribution in [0.4, 0.5) is 0 Å². The molecule has 1 aromatic heterocycles. The Hall–Kier alpha value is -1.09. The van der Waals surface area contributed by atoms with Crippen LogP contribution in [0.25, 0.3) is 0 Å². The van der Waals surface area contributed by atoms with Crippen LogP contribution in [-0.4, -0.2) is 4.98 Å². The van der Waals surface area contributed by atoms with Crippen molar-refractivity contribution in [2.75, 3.05) is 0 Å². The summed E-state index contributed by atoms with van der Waals surface area (Å²) in [6.07, 6.45) is 1.80. The first-order valence-electron chi connectivity index (χ1n) is 5.64. The van der Waals surface area contributed by atoms with Gasteiger partial charge in [0.2, 0.25) is 12.8 Å². The molecule has 1 unspecified atom stereocenters. The van der Waals surface area contributed by atoms with Crippen LogP contribution in [0.15, 0.2) is 42.6 Å². The lowest BCUT2D eigenvalue weighted by Crippen LogP contribution is -2.19. The van der Waals surface area contributed by atoms with Gasteiger partial charge in [-0.2, -0.15) is 0 Å². The number of fused-ring (bicyclic) bond motifs is 1. The number of benzene rings is 1. The summed E-state index contributed by atoms with van der Waals surface area (Å²) < 4.78 is 11.7. The van der Waals surface area contributed by atoms with Gasteiger partial charge < -0.3 is 9.05 Å². The van der Waals surface area contributed by atoms with Crippen molar-refractivity contribution >= 4 is 24.5 Å². The highest BCUT2D eigenvalue weighted by atomic mass is 32.7. The Morgan fingerprint density at radius 2 is 2.06 bits per heavy atom. The highest BCUT2D eigenvalue weighted by molar-refractivity contribution is 8.52. The zero-order valence-corrected chi connectivity index (χ0v) is 11.7. The maximum absolute atomic E-state index is 5.90. The van der Waals surface area contributed by atoms with Gasteiger partial charge in [-0.15, -0.1) is 0 Å². The van der Waals surface area contributed by atoms with Gasteiger partial charge in [-0.1, -0.05) is 30.4 Å². The summed E-state index contributed by atoms with van der Waals surface area (Å²) in [4.78, 5) is 4.32. The minimum Gasteiger partial charge on any atom is -0.425 e. The smallest absolute Gasteiger partial charge is 0.237 e. The van der Waals surface area contributed by atoms with E-state index in [1.807, 2.05) is 43.3 Å². The molecule has 5 heteroatoms. The van der Waals surface area contributed by atoms with E-state index in [-0.39, 0.29) is 0 Å². The van der Waals surface area contributed by atoms with E-state index >= 15 is 0 Å². The Kier molecular flexibility index (Phi) is 3.02. The normalized spacial score (nSPS) is 22.1. The lowest BCUT2D eigenvalue weighted by Gasteiger charge is -2.34. The van der Waals surface area contributed by atoms with Crippen molar-refractivity contribution in [3.63, 3.8) is 0 Å². The van der Waals surface area contributed by atoms with Gasteiger partial charge in [0.15, 0.2) is 0 Å². The predicted molar refractivity (Wildman–Crippen MR) is 76.4 cm³/mol. The summed E-state index contributed by atoms with van der Waals surface area (Å²) in [5, 5.41) is 0.973. The van der Waals surface area contributed by atoms with E-state index in [9.17, 15) is 0 Å². The van der Waals surface area contributed by atoms with Crippen LogP contribution in [-0.2, 0) is 11.1 Å². The van der Waals surface area contributed by atoms with Crippen molar-refractivity contribution in [3.05, 3.63) is 53.7 Å². The van der Waals surface area contributed by atoms with Crippen LogP contribution >= 0.6 is 19.2 Å². The Bertz CT molecular complexity index is 578. The fraction of sp³-hybridized carbons (Fsp3) is 0.154. The molecule has 0 fully saturated rings. The second-order valence-electron chi connectivity index (χ2n) is 4.20. The van der Waals surface area contributed by atoms with Crippen molar-refractivity contribution in [3.8, 4) is 5.88 Å². The molecular formula is C13H13NO2PS. The van der Waals surface area contributed by atoms with Crippen LogP contribution in [0, 0.1) is 6.92 Å². The van der Waals surface area contributed by atoms with E-state index in [1.54, 1.807) is 6.20 Å². The minimum atomic E-state index is -2.33. The average Bonchev–Trinajstić information content (AvgIpc) is 2.40. The van der Waals surface area contributed by atoms with Gasteiger partial charge >= 0.3 is 0 Å². The van der Waals surface area contributed by atoms with E-state index in [0.717, 1.165) is 16.4 Å². The van der Waals surface area contributed by atoms with Crippen molar-refractivity contribution in [2.45, 2.75) is 13.5 Å². The molecule has 0 spiro atoms. The van der Waals surface area contributed by atoms with E-state index in [4.69, 9.17) is 9.05 Å². The lowest BCUT2D eigenvalue weighted by atomic mass is 10.2. The van der Waals surface area contributed by atoms with Gasteiger partial charge in [-0.25, -0.2) is 4.98 Å². The van der Waals surface area contributed by atoms with Gasteiger partial charge in [0.25, 0.3) is 0 Å². The molecule has 93 valence electrons. The summed E-state index contributed by atoms with van der Waals surface area (Å²) >= 11 is 4.62. The molecule has 0 saturated heterocycles. The molecule has 18 heavy (non-hydrogen) atoms. The molecule has 1 aromatic carbocycles. The summed E-state index contributed by atoms with van der Waals surface area (Å²) in [6, 6.07) is 11.9. The highest BCUT2D eigenvalue weighted by Crippen LogP contribution is 2.66. The van der Waals surface area contributed by atoms with E-state index in [2.05, 4.69) is 17.2 Å². The zero-order valence-electron chi connectivity index (χ0n) is 9.91. The number of aromatic nitrogens is 1. The van der Waals surface area contributed by atoms with E-state index in [1.165, 1.54) is 0 Å². The van der Waals surface area contributed by atoms with Crippen molar-refractivity contribution in [1.29, 1.82) is 0 Å². The summed E-state index contributed by atoms with van der Waals surface area (Å²) in [5.41, 5.74) is 2.08. The number of hydrogen-bond donors (Lipinski definition) is 1. The standard InChI is InChI=1S/C13H13NO2PS/c1-10-7-11-9-15-17(18,16-13(11)14-8-10)12-5-3-2-4-6-12/h2-8,18H,9H2,1H3. The SMILES string of the molecule is Cc1cnc2c(c1)CO[P](S)(c1ccccc1)O2. The third-order valence-corrected chi connectivity index (χ3v) is 5.88. The lowest BCUT2D eigenvalue weighted by molar-refractivity contribution is 0.275. The number of aryl methyl sites for hydroxylation is 1. The summed E-state index contributed by atoms with van der Waals surface area (Å²) in [6.45, 7) is 0.167. The third kappa shape index (κ3) is 2.12. The van der Waals surface area contributed by atoms with E-state index < -0.39 is 6.92 Å². The van der Waals surface area contributed by atoms with Crippen LogP contribution in [0.5, 0.6) is 5.88 Å². The quantitative estimate of drug-likeness (QED) is 0.641. The third-order valence-electron chi connectivity index (χ3n) is 2.75. The Labute approximate surface area is 112 Å². The second kappa shape index (κ2) is 4.54. The molecule has 0 amide bonds. The number of thiol groups is 1. The maximum Gasteiger partial charge on any atom is 0.237 e. The first-order valence-corrected chi connectivity index (χ1v) is 8.42. The van der Waals surface area contributed by atoms with Gasteiger partial charge in [-0.3, -0.25) is 0 Å². The van der Waals surface area contributed by atoms with E-state index in [0.29, 0.717) is 12.5 Å². The maximum atomic E-state index is 5.90. The van der Waals surface area contributed by atoms with Crippen LogP contribution in [0.2, 0.25) is 0 Å². The molecule has 2 aromatic rings. The molecule has 0 saturated carbocycles. The molecule has 1 aliphatic rings. The molecule has 0 N–H and O–H groups in total. The Balaban J connectivity index is 1.97. The minimum absolute atomic E-state index is 0.496. The Morgan fingerprint density at radius 1 is 1.28 bits per heavy atom. The molecule has 1 radical (unpaired) electrons. The fourth-order valence-corrected chi connectivity index (χ4v) is 4.22. The largest absolute Gasteiger partial charge is 0.425 e. The monoisotopic (exact) mass is 278 g/mol. The fourth-order valence-electron chi connectivity index (χ4n) is 1.85. The molecule has 1 aliphatic heterocycles. The van der Waals surface area contributed by atoms with Gasteiger partial charge in [0.1, 0.15) is 0 Å². The van der Waals surface area contributed by atoms with Gasteiger partial charge in [-0.05, 0) is 30.7 Å². The number of hydrogen-bond acceptors (Lipinski definition) is 4. The molecule has 3 nitrogen and oxygen atoms in total. The Morgan fingerprint density at radius 3 is 2.83 bits per heavy atom. The first kappa shape index (κ1) is 12.0. The molecule has 0 bridgehead atoms. The molecular weight excluding hydrogens is 265 g/mol. The molecule has 1 atom stereocenters. The van der Waals surface area contributed by atoms with Crippen molar-refractivity contribution in [2.24, 2.45) is 0 Å². The second-order valence-corrected chi connectivity index (χ2v) is 7.78. The number of rotatable bonds is 1. The molecule has 2 heterocycles. The first-order chi connectivity index (χ1) is 8.67. The zero-order chi connectivity index (χ0) is 12.6. The molecule has 3 rings (SSSR count). The van der Waals surface area contributed by atoms with Crippen LogP contribution in [0.1, 0.15) is 11.1 Å². The van der Waals surface area contributed by atoms with Crippen LogP contribution < -0.4 is 9.83 Å². The molecule has 0 aliphatic carbocycles.